The van der Waals surface area contributed by atoms with Gasteiger partial charge in [0.2, 0.25) is 5.91 Å². The van der Waals surface area contributed by atoms with Crippen molar-refractivity contribution in [3.05, 3.63) is 40.5 Å². The zero-order chi connectivity index (χ0) is 15.0. The Labute approximate surface area is 121 Å². The molecule has 0 fully saturated rings. The first-order valence-corrected chi connectivity index (χ1v) is 6.82. The van der Waals surface area contributed by atoms with E-state index in [0.717, 1.165) is 16.8 Å². The summed E-state index contributed by atoms with van der Waals surface area (Å²) < 4.78 is 19.2. The average molecular weight is 289 g/mol. The van der Waals surface area contributed by atoms with Crippen molar-refractivity contribution in [2.24, 2.45) is 0 Å². The van der Waals surface area contributed by atoms with Gasteiger partial charge < -0.3 is 15.2 Å². The molecule has 1 aromatic carbocycles. The van der Waals surface area contributed by atoms with Crippen LogP contribution in [0, 0.1) is 19.7 Å². The number of hydrogen-bond donors (Lipinski definition) is 2. The van der Waals surface area contributed by atoms with Crippen LogP contribution >= 0.6 is 0 Å². The van der Waals surface area contributed by atoms with E-state index in [0.29, 0.717) is 36.5 Å². The Balaban J connectivity index is 1.83. The van der Waals surface area contributed by atoms with Gasteiger partial charge in [0.05, 0.1) is 11.4 Å². The second-order valence-electron chi connectivity index (χ2n) is 5.19. The van der Waals surface area contributed by atoms with Crippen molar-refractivity contribution < 1.29 is 13.7 Å². The Morgan fingerprint density at radius 3 is 2.90 bits per heavy atom. The van der Waals surface area contributed by atoms with E-state index in [1.165, 1.54) is 6.07 Å². The lowest BCUT2D eigenvalue weighted by Gasteiger charge is -2.18. The molecule has 3 rings (SSSR count). The Morgan fingerprint density at radius 2 is 2.19 bits per heavy atom. The predicted octanol–water partition coefficient (Wildman–Crippen LogP) is 2.93. The van der Waals surface area contributed by atoms with Gasteiger partial charge in [-0.05, 0) is 38.0 Å². The van der Waals surface area contributed by atoms with Crippen LogP contribution in [0.25, 0.3) is 0 Å². The van der Waals surface area contributed by atoms with Crippen molar-refractivity contribution in [1.82, 2.24) is 5.16 Å². The molecule has 0 aliphatic carbocycles. The minimum atomic E-state index is -0.323. The number of carbonyl (C=O) groups excluding carboxylic acids is 1. The largest absolute Gasteiger partial charge is 0.378 e. The summed E-state index contributed by atoms with van der Waals surface area (Å²) in [6, 6.07) is 3.12. The maximum atomic E-state index is 14.1. The smallest absolute Gasteiger partial charge is 0.224 e. The third-order valence-corrected chi connectivity index (χ3v) is 3.73. The van der Waals surface area contributed by atoms with E-state index < -0.39 is 0 Å². The van der Waals surface area contributed by atoms with Crippen LogP contribution in [0.1, 0.15) is 29.0 Å². The molecule has 0 radical (unpaired) electrons. The lowest BCUT2D eigenvalue weighted by atomic mass is 10.0. The van der Waals surface area contributed by atoms with Gasteiger partial charge in [-0.2, -0.15) is 0 Å². The predicted molar refractivity (Wildman–Crippen MR) is 76.7 cm³/mol. The maximum absolute atomic E-state index is 14.1. The molecule has 2 heterocycles. The van der Waals surface area contributed by atoms with Crippen molar-refractivity contribution in [1.29, 1.82) is 0 Å². The average Bonchev–Trinajstić information content (AvgIpc) is 2.76. The first kappa shape index (κ1) is 13.6. The zero-order valence-corrected chi connectivity index (χ0v) is 11.9. The molecular formula is C15H16FN3O2. The lowest BCUT2D eigenvalue weighted by molar-refractivity contribution is -0.116. The molecule has 21 heavy (non-hydrogen) atoms. The molecular weight excluding hydrogens is 273 g/mol. The van der Waals surface area contributed by atoms with E-state index >= 15 is 0 Å². The van der Waals surface area contributed by atoms with Crippen LogP contribution in [0.2, 0.25) is 0 Å². The van der Waals surface area contributed by atoms with Crippen LogP contribution in [0.4, 0.5) is 15.8 Å². The molecule has 2 aromatic rings. The summed E-state index contributed by atoms with van der Waals surface area (Å²) in [5.74, 6) is 0.356. The van der Waals surface area contributed by atoms with Gasteiger partial charge in [0.1, 0.15) is 11.6 Å². The van der Waals surface area contributed by atoms with Gasteiger partial charge in [0, 0.05) is 24.2 Å². The van der Waals surface area contributed by atoms with E-state index in [1.807, 2.05) is 13.8 Å². The van der Waals surface area contributed by atoms with Crippen molar-refractivity contribution in [2.45, 2.75) is 33.2 Å². The molecule has 5 nitrogen and oxygen atoms in total. The summed E-state index contributed by atoms with van der Waals surface area (Å²) >= 11 is 0. The number of hydrogen-bond acceptors (Lipinski definition) is 4. The van der Waals surface area contributed by atoms with Crippen LogP contribution in [-0.2, 0) is 17.8 Å². The summed E-state index contributed by atoms with van der Waals surface area (Å²) in [6.45, 7) is 4.09. The van der Waals surface area contributed by atoms with Crippen molar-refractivity contribution in [2.75, 3.05) is 10.6 Å². The monoisotopic (exact) mass is 289 g/mol. The fourth-order valence-electron chi connectivity index (χ4n) is 2.47. The Bertz CT molecular complexity index is 690. The van der Waals surface area contributed by atoms with E-state index in [9.17, 15) is 9.18 Å². The Morgan fingerprint density at radius 1 is 1.38 bits per heavy atom. The second-order valence-corrected chi connectivity index (χ2v) is 5.19. The highest BCUT2D eigenvalue weighted by molar-refractivity contribution is 5.94. The molecule has 2 N–H and O–H groups in total. The highest BCUT2D eigenvalue weighted by atomic mass is 19.1. The number of fused-ring (bicyclic) bond motifs is 1. The molecule has 1 aliphatic rings. The molecule has 0 unspecified atom stereocenters. The standard InChI is InChI=1S/C15H16FN3O2/c1-8-11(9(2)21-19-8)7-17-14-6-13-10(5-12(14)16)3-4-15(20)18-13/h5-6,17H,3-4,7H2,1-2H3,(H,18,20). The number of halogens is 1. The molecule has 110 valence electrons. The molecule has 1 amide bonds. The zero-order valence-electron chi connectivity index (χ0n) is 11.9. The van der Waals surface area contributed by atoms with Gasteiger partial charge in [-0.15, -0.1) is 0 Å². The quantitative estimate of drug-likeness (QED) is 0.911. The number of aromatic nitrogens is 1. The number of nitrogens with one attached hydrogen (secondary N) is 2. The maximum Gasteiger partial charge on any atom is 0.224 e. The number of carbonyl (C=O) groups is 1. The van der Waals surface area contributed by atoms with Crippen LogP contribution < -0.4 is 10.6 Å². The normalized spacial score (nSPS) is 13.8. The number of rotatable bonds is 3. The van der Waals surface area contributed by atoms with E-state index in [1.54, 1.807) is 6.07 Å². The van der Waals surface area contributed by atoms with Gasteiger partial charge in [-0.1, -0.05) is 5.16 Å². The summed E-state index contributed by atoms with van der Waals surface area (Å²) in [7, 11) is 0. The molecule has 0 saturated heterocycles. The molecule has 1 aliphatic heterocycles. The topological polar surface area (TPSA) is 67.2 Å². The van der Waals surface area contributed by atoms with Crippen LogP contribution in [0.3, 0.4) is 0 Å². The Kier molecular flexibility index (Phi) is 3.37. The molecule has 0 bridgehead atoms. The van der Waals surface area contributed by atoms with Gasteiger partial charge in [-0.25, -0.2) is 4.39 Å². The van der Waals surface area contributed by atoms with Crippen molar-refractivity contribution in [3.8, 4) is 0 Å². The molecule has 0 saturated carbocycles. The van der Waals surface area contributed by atoms with Crippen LogP contribution in [0.15, 0.2) is 16.7 Å². The van der Waals surface area contributed by atoms with Crippen LogP contribution in [0.5, 0.6) is 0 Å². The fraction of sp³-hybridized carbons (Fsp3) is 0.333. The molecule has 6 heteroatoms. The van der Waals surface area contributed by atoms with Crippen LogP contribution in [-0.4, -0.2) is 11.1 Å². The second kappa shape index (κ2) is 5.20. The van der Waals surface area contributed by atoms with Gasteiger partial charge in [0.25, 0.3) is 0 Å². The van der Waals surface area contributed by atoms with Gasteiger partial charge >= 0.3 is 0 Å². The molecule has 1 aromatic heterocycles. The number of anilines is 2. The third-order valence-electron chi connectivity index (χ3n) is 3.73. The molecule has 0 atom stereocenters. The number of nitrogens with zero attached hydrogens (tertiary/aromatic N) is 1. The summed E-state index contributed by atoms with van der Waals surface area (Å²) in [6.07, 6.45) is 0.973. The summed E-state index contributed by atoms with van der Waals surface area (Å²) in [5.41, 5.74) is 3.56. The van der Waals surface area contributed by atoms with E-state index in [4.69, 9.17) is 4.52 Å². The van der Waals surface area contributed by atoms with E-state index in [-0.39, 0.29) is 11.7 Å². The number of aryl methyl sites for hydroxylation is 3. The molecule has 0 spiro atoms. The van der Waals surface area contributed by atoms with Gasteiger partial charge in [-0.3, -0.25) is 4.79 Å². The SMILES string of the molecule is Cc1noc(C)c1CNc1cc2c(cc1F)CCC(=O)N2. The highest BCUT2D eigenvalue weighted by Gasteiger charge is 2.18. The summed E-state index contributed by atoms with van der Waals surface area (Å²) in [5, 5.41) is 9.67. The van der Waals surface area contributed by atoms with Gasteiger partial charge in [0.15, 0.2) is 0 Å². The Hall–Kier alpha value is -2.37. The number of amides is 1. The lowest BCUT2D eigenvalue weighted by Crippen LogP contribution is -2.19. The number of benzene rings is 1. The fourth-order valence-corrected chi connectivity index (χ4v) is 2.47. The minimum Gasteiger partial charge on any atom is -0.378 e. The van der Waals surface area contributed by atoms with Crippen molar-refractivity contribution >= 4 is 17.3 Å². The van der Waals surface area contributed by atoms with E-state index in [2.05, 4.69) is 15.8 Å². The first-order valence-electron chi connectivity index (χ1n) is 6.82. The first-order chi connectivity index (χ1) is 10.0. The summed E-state index contributed by atoms with van der Waals surface area (Å²) in [4.78, 5) is 11.4. The van der Waals surface area contributed by atoms with Crippen molar-refractivity contribution in [3.63, 3.8) is 0 Å². The highest BCUT2D eigenvalue weighted by Crippen LogP contribution is 2.29. The third kappa shape index (κ3) is 2.61. The minimum absolute atomic E-state index is 0.0363.